The van der Waals surface area contributed by atoms with Gasteiger partial charge in [0, 0.05) is 0 Å². The Balaban J connectivity index is 2.42. The van der Waals surface area contributed by atoms with E-state index in [1.54, 1.807) is 12.1 Å². The van der Waals surface area contributed by atoms with Crippen LogP contribution in [0.2, 0.25) is 0 Å². The molecule has 1 aromatic rings. The van der Waals surface area contributed by atoms with Gasteiger partial charge in [0.1, 0.15) is 0 Å². The summed E-state index contributed by atoms with van der Waals surface area (Å²) >= 11 is 0. The molecule has 0 aliphatic heterocycles. The van der Waals surface area contributed by atoms with Crippen LogP contribution in [0.1, 0.15) is 29.9 Å². The molecule has 0 atom stereocenters. The zero-order valence-corrected chi connectivity index (χ0v) is 7.64. The fourth-order valence-electron chi connectivity index (χ4n) is 1.51. The standard InChI is InChI=1S/C10H10N4/c11-6-8-3-4-9(13-14-12)5-10(8)7-1-2-7/h3-5,7H,1-2H2,(H2,12,13). The molecule has 70 valence electrons. The van der Waals surface area contributed by atoms with Crippen molar-refractivity contribution in [3.8, 4) is 6.07 Å². The molecule has 2 rings (SSSR count). The van der Waals surface area contributed by atoms with E-state index in [0.29, 0.717) is 11.6 Å². The summed E-state index contributed by atoms with van der Waals surface area (Å²) < 4.78 is 0. The third-order valence-electron chi connectivity index (χ3n) is 2.35. The van der Waals surface area contributed by atoms with Crippen LogP contribution in [0.25, 0.3) is 0 Å². The summed E-state index contributed by atoms with van der Waals surface area (Å²) in [7, 11) is 0. The van der Waals surface area contributed by atoms with Crippen LogP contribution >= 0.6 is 0 Å². The van der Waals surface area contributed by atoms with Gasteiger partial charge in [-0.05, 0) is 42.5 Å². The fraction of sp³-hybridized carbons (Fsp3) is 0.300. The lowest BCUT2D eigenvalue weighted by Gasteiger charge is -2.01. The Morgan fingerprint density at radius 3 is 2.79 bits per heavy atom. The lowest BCUT2D eigenvalue weighted by molar-refractivity contribution is 1.05. The number of hydrogen-bond donors (Lipinski definition) is 1. The van der Waals surface area contributed by atoms with Crippen molar-refractivity contribution in [1.82, 2.24) is 0 Å². The predicted octanol–water partition coefficient (Wildman–Crippen LogP) is 2.39. The van der Waals surface area contributed by atoms with Gasteiger partial charge in [-0.3, -0.25) is 0 Å². The van der Waals surface area contributed by atoms with Gasteiger partial charge in [0.25, 0.3) is 0 Å². The van der Waals surface area contributed by atoms with E-state index in [1.807, 2.05) is 6.07 Å². The summed E-state index contributed by atoms with van der Waals surface area (Å²) in [6.07, 6.45) is 2.33. The van der Waals surface area contributed by atoms with Gasteiger partial charge in [-0.2, -0.15) is 5.26 Å². The van der Waals surface area contributed by atoms with Crippen LogP contribution in [0.3, 0.4) is 0 Å². The van der Waals surface area contributed by atoms with Gasteiger partial charge in [0.15, 0.2) is 0 Å². The number of nitrogens with two attached hydrogens (primary N) is 1. The predicted molar refractivity (Wildman–Crippen MR) is 51.8 cm³/mol. The maximum absolute atomic E-state index is 8.89. The van der Waals surface area contributed by atoms with E-state index in [4.69, 9.17) is 11.1 Å². The van der Waals surface area contributed by atoms with Crippen molar-refractivity contribution in [2.75, 3.05) is 0 Å². The van der Waals surface area contributed by atoms with Crippen molar-refractivity contribution in [2.24, 2.45) is 16.2 Å². The maximum atomic E-state index is 8.89. The van der Waals surface area contributed by atoms with Crippen LogP contribution in [0.15, 0.2) is 28.5 Å². The molecule has 0 saturated heterocycles. The molecule has 2 N–H and O–H groups in total. The first-order chi connectivity index (χ1) is 6.85. The number of nitriles is 1. The number of nitrogens with zero attached hydrogens (tertiary/aromatic N) is 3. The highest BCUT2D eigenvalue weighted by Crippen LogP contribution is 2.42. The van der Waals surface area contributed by atoms with Crippen LogP contribution in [0, 0.1) is 11.3 Å². The Kier molecular flexibility index (Phi) is 2.15. The Hall–Kier alpha value is -1.89. The smallest absolute Gasteiger partial charge is 0.0994 e. The second-order valence-electron chi connectivity index (χ2n) is 3.37. The van der Waals surface area contributed by atoms with E-state index < -0.39 is 0 Å². The van der Waals surface area contributed by atoms with Crippen LogP contribution in [0.5, 0.6) is 0 Å². The van der Waals surface area contributed by atoms with Crippen LogP contribution in [-0.4, -0.2) is 0 Å². The lowest BCUT2D eigenvalue weighted by Crippen LogP contribution is -1.86. The molecule has 0 aromatic heterocycles. The Bertz CT molecular complexity index is 413. The van der Waals surface area contributed by atoms with Gasteiger partial charge in [0.2, 0.25) is 0 Å². The minimum atomic E-state index is 0.539. The van der Waals surface area contributed by atoms with E-state index in [9.17, 15) is 0 Å². The maximum Gasteiger partial charge on any atom is 0.0994 e. The Labute approximate surface area is 82.0 Å². The minimum absolute atomic E-state index is 0.539. The molecule has 0 spiro atoms. The van der Waals surface area contributed by atoms with Gasteiger partial charge in [0.05, 0.1) is 17.3 Å². The largest absolute Gasteiger partial charge is 0.305 e. The van der Waals surface area contributed by atoms with Crippen molar-refractivity contribution in [3.63, 3.8) is 0 Å². The summed E-state index contributed by atoms with van der Waals surface area (Å²) in [4.78, 5) is 0. The number of rotatable bonds is 2. The van der Waals surface area contributed by atoms with Gasteiger partial charge in [-0.15, -0.1) is 5.11 Å². The highest BCUT2D eigenvalue weighted by atomic mass is 15.3. The lowest BCUT2D eigenvalue weighted by atomic mass is 10.0. The van der Waals surface area contributed by atoms with Crippen molar-refractivity contribution in [2.45, 2.75) is 18.8 Å². The zero-order valence-electron chi connectivity index (χ0n) is 7.64. The molecule has 4 heteroatoms. The molecular weight excluding hydrogens is 176 g/mol. The van der Waals surface area contributed by atoms with Gasteiger partial charge >= 0.3 is 0 Å². The van der Waals surface area contributed by atoms with Gasteiger partial charge in [-0.1, -0.05) is 5.22 Å². The average molecular weight is 186 g/mol. The molecule has 1 aliphatic carbocycles. The van der Waals surface area contributed by atoms with Crippen molar-refractivity contribution < 1.29 is 0 Å². The second-order valence-corrected chi connectivity index (χ2v) is 3.37. The zero-order chi connectivity index (χ0) is 9.97. The number of benzene rings is 1. The second kappa shape index (κ2) is 3.46. The monoisotopic (exact) mass is 186 g/mol. The average Bonchev–Trinajstić information content (AvgIpc) is 3.01. The highest BCUT2D eigenvalue weighted by molar-refractivity contribution is 5.50. The summed E-state index contributed by atoms with van der Waals surface area (Å²) in [6, 6.07) is 7.60. The van der Waals surface area contributed by atoms with Crippen LogP contribution in [0.4, 0.5) is 5.69 Å². The van der Waals surface area contributed by atoms with Gasteiger partial charge < -0.3 is 5.84 Å². The first-order valence-electron chi connectivity index (χ1n) is 4.50. The molecule has 1 saturated carbocycles. The summed E-state index contributed by atoms with van der Waals surface area (Å²) in [5.74, 6) is 5.51. The molecular formula is C10H10N4. The Morgan fingerprint density at radius 2 is 2.21 bits per heavy atom. The first kappa shape index (κ1) is 8.70. The molecule has 0 unspecified atom stereocenters. The summed E-state index contributed by atoms with van der Waals surface area (Å²) in [5.41, 5.74) is 2.54. The van der Waals surface area contributed by atoms with E-state index in [0.717, 1.165) is 24.0 Å². The minimum Gasteiger partial charge on any atom is -0.305 e. The topological polar surface area (TPSA) is 74.5 Å². The van der Waals surface area contributed by atoms with Gasteiger partial charge in [-0.25, -0.2) is 0 Å². The molecule has 0 amide bonds. The molecule has 14 heavy (non-hydrogen) atoms. The van der Waals surface area contributed by atoms with E-state index in [2.05, 4.69) is 16.4 Å². The SMILES string of the molecule is N#Cc1ccc(N=NN)cc1C1CC1. The first-order valence-corrected chi connectivity index (χ1v) is 4.50. The molecule has 1 fully saturated rings. The number of hydrogen-bond acceptors (Lipinski definition) is 3. The molecule has 1 aliphatic rings. The fourth-order valence-corrected chi connectivity index (χ4v) is 1.51. The highest BCUT2D eigenvalue weighted by Gasteiger charge is 2.26. The third-order valence-corrected chi connectivity index (χ3v) is 2.35. The molecule has 0 bridgehead atoms. The molecule has 1 aromatic carbocycles. The molecule has 0 heterocycles. The van der Waals surface area contributed by atoms with E-state index >= 15 is 0 Å². The molecule has 0 radical (unpaired) electrons. The van der Waals surface area contributed by atoms with E-state index in [1.165, 1.54) is 0 Å². The molecule has 4 nitrogen and oxygen atoms in total. The van der Waals surface area contributed by atoms with Crippen LogP contribution < -0.4 is 5.84 Å². The van der Waals surface area contributed by atoms with E-state index in [-0.39, 0.29) is 0 Å². The van der Waals surface area contributed by atoms with Crippen molar-refractivity contribution in [1.29, 1.82) is 5.26 Å². The summed E-state index contributed by atoms with van der Waals surface area (Å²) in [6.45, 7) is 0. The normalized spacial score (nSPS) is 15.6. The van der Waals surface area contributed by atoms with Crippen LogP contribution in [-0.2, 0) is 0 Å². The van der Waals surface area contributed by atoms with Crippen molar-refractivity contribution >= 4 is 5.69 Å². The Morgan fingerprint density at radius 1 is 1.43 bits per heavy atom. The summed E-state index contributed by atoms with van der Waals surface area (Å²) in [5, 5.41) is 15.9. The quantitative estimate of drug-likeness (QED) is 0.437. The third kappa shape index (κ3) is 1.57. The van der Waals surface area contributed by atoms with Crippen molar-refractivity contribution in [3.05, 3.63) is 29.3 Å².